The standard InChI is InChI=1S/C10H15NO/c1-7-4-5-10(12-3)8(2)9(7)6-11/h4-5H,6,11H2,1-3H3. The molecular formula is C10H15NO. The van der Waals surface area contributed by atoms with Gasteiger partial charge in [0, 0.05) is 6.54 Å². The lowest BCUT2D eigenvalue weighted by Crippen LogP contribution is -2.03. The third kappa shape index (κ3) is 1.43. The SMILES string of the molecule is COc1ccc(C)c(CN)c1C. The predicted molar refractivity (Wildman–Crippen MR) is 50.4 cm³/mol. The van der Waals surface area contributed by atoms with Crippen LogP contribution in [0.15, 0.2) is 12.1 Å². The van der Waals surface area contributed by atoms with Crippen molar-refractivity contribution in [2.24, 2.45) is 5.73 Å². The zero-order chi connectivity index (χ0) is 9.14. The highest BCUT2D eigenvalue weighted by Gasteiger charge is 2.05. The summed E-state index contributed by atoms with van der Waals surface area (Å²) in [5.41, 5.74) is 9.19. The van der Waals surface area contributed by atoms with Crippen molar-refractivity contribution in [3.05, 3.63) is 28.8 Å². The quantitative estimate of drug-likeness (QED) is 0.724. The van der Waals surface area contributed by atoms with Crippen molar-refractivity contribution in [1.82, 2.24) is 0 Å². The molecule has 66 valence electrons. The van der Waals surface area contributed by atoms with E-state index < -0.39 is 0 Å². The second-order valence-electron chi connectivity index (χ2n) is 2.89. The highest BCUT2D eigenvalue weighted by molar-refractivity contribution is 5.43. The second kappa shape index (κ2) is 3.59. The van der Waals surface area contributed by atoms with Crippen LogP contribution >= 0.6 is 0 Å². The number of rotatable bonds is 2. The largest absolute Gasteiger partial charge is 0.496 e. The predicted octanol–water partition coefficient (Wildman–Crippen LogP) is 1.77. The average molecular weight is 165 g/mol. The Labute approximate surface area is 73.3 Å². The molecule has 0 aliphatic carbocycles. The lowest BCUT2D eigenvalue weighted by molar-refractivity contribution is 0.411. The summed E-state index contributed by atoms with van der Waals surface area (Å²) in [6, 6.07) is 4.01. The summed E-state index contributed by atoms with van der Waals surface area (Å²) in [7, 11) is 1.68. The van der Waals surface area contributed by atoms with E-state index in [1.165, 1.54) is 11.1 Å². The van der Waals surface area contributed by atoms with Crippen molar-refractivity contribution in [2.45, 2.75) is 20.4 Å². The molecule has 0 atom stereocenters. The smallest absolute Gasteiger partial charge is 0.122 e. The first-order valence-electron chi connectivity index (χ1n) is 4.03. The topological polar surface area (TPSA) is 35.2 Å². The van der Waals surface area contributed by atoms with Gasteiger partial charge in [-0.05, 0) is 36.6 Å². The summed E-state index contributed by atoms with van der Waals surface area (Å²) >= 11 is 0. The van der Waals surface area contributed by atoms with Crippen LogP contribution in [-0.2, 0) is 6.54 Å². The minimum Gasteiger partial charge on any atom is -0.496 e. The molecule has 0 heterocycles. The van der Waals surface area contributed by atoms with Gasteiger partial charge in [0.25, 0.3) is 0 Å². The van der Waals surface area contributed by atoms with Crippen LogP contribution in [0.1, 0.15) is 16.7 Å². The molecule has 0 saturated heterocycles. The molecule has 0 unspecified atom stereocenters. The van der Waals surface area contributed by atoms with Crippen molar-refractivity contribution >= 4 is 0 Å². The maximum atomic E-state index is 5.62. The second-order valence-corrected chi connectivity index (χ2v) is 2.89. The molecule has 1 aromatic rings. The number of hydrogen-bond donors (Lipinski definition) is 1. The van der Waals surface area contributed by atoms with E-state index in [9.17, 15) is 0 Å². The summed E-state index contributed by atoms with van der Waals surface area (Å²) in [5, 5.41) is 0. The zero-order valence-electron chi connectivity index (χ0n) is 7.85. The minimum absolute atomic E-state index is 0.578. The van der Waals surface area contributed by atoms with Crippen LogP contribution in [0.2, 0.25) is 0 Å². The molecule has 0 aromatic heterocycles. The van der Waals surface area contributed by atoms with Crippen molar-refractivity contribution in [2.75, 3.05) is 7.11 Å². The number of methoxy groups -OCH3 is 1. The normalized spacial score (nSPS) is 10.0. The first kappa shape index (κ1) is 9.07. The third-order valence-electron chi connectivity index (χ3n) is 2.21. The van der Waals surface area contributed by atoms with Gasteiger partial charge in [-0.3, -0.25) is 0 Å². The van der Waals surface area contributed by atoms with Crippen molar-refractivity contribution in [3.63, 3.8) is 0 Å². The van der Waals surface area contributed by atoms with Crippen molar-refractivity contribution in [3.8, 4) is 5.75 Å². The van der Waals surface area contributed by atoms with Gasteiger partial charge < -0.3 is 10.5 Å². The van der Waals surface area contributed by atoms with Gasteiger partial charge in [0.05, 0.1) is 7.11 Å². The molecule has 1 aromatic carbocycles. The molecule has 0 saturated carbocycles. The average Bonchev–Trinajstić information content (AvgIpc) is 2.06. The van der Waals surface area contributed by atoms with Crippen LogP contribution in [-0.4, -0.2) is 7.11 Å². The van der Waals surface area contributed by atoms with E-state index in [0.29, 0.717) is 6.54 Å². The molecular weight excluding hydrogens is 150 g/mol. The molecule has 2 nitrogen and oxygen atoms in total. The molecule has 0 radical (unpaired) electrons. The van der Waals surface area contributed by atoms with Crippen LogP contribution in [0.3, 0.4) is 0 Å². The Morgan fingerprint density at radius 3 is 2.50 bits per heavy atom. The fraction of sp³-hybridized carbons (Fsp3) is 0.400. The Hall–Kier alpha value is -1.02. The molecule has 2 heteroatoms. The molecule has 0 amide bonds. The number of nitrogens with two attached hydrogens (primary N) is 1. The summed E-state index contributed by atoms with van der Waals surface area (Å²) in [6.07, 6.45) is 0. The maximum Gasteiger partial charge on any atom is 0.122 e. The van der Waals surface area contributed by atoms with Crippen molar-refractivity contribution < 1.29 is 4.74 Å². The van der Waals surface area contributed by atoms with E-state index in [4.69, 9.17) is 10.5 Å². The summed E-state index contributed by atoms with van der Waals surface area (Å²) in [5.74, 6) is 0.918. The van der Waals surface area contributed by atoms with Crippen LogP contribution in [0.5, 0.6) is 5.75 Å². The molecule has 0 aliphatic rings. The van der Waals surface area contributed by atoms with Crippen LogP contribution < -0.4 is 10.5 Å². The highest BCUT2D eigenvalue weighted by Crippen LogP contribution is 2.23. The van der Waals surface area contributed by atoms with Gasteiger partial charge in [-0.25, -0.2) is 0 Å². The van der Waals surface area contributed by atoms with Gasteiger partial charge >= 0.3 is 0 Å². The molecule has 12 heavy (non-hydrogen) atoms. The van der Waals surface area contributed by atoms with E-state index in [-0.39, 0.29) is 0 Å². The van der Waals surface area contributed by atoms with Gasteiger partial charge in [-0.15, -0.1) is 0 Å². The number of aryl methyl sites for hydroxylation is 1. The molecule has 2 N–H and O–H groups in total. The third-order valence-corrected chi connectivity index (χ3v) is 2.21. The Kier molecular flexibility index (Phi) is 2.71. The maximum absolute atomic E-state index is 5.62. The van der Waals surface area contributed by atoms with Gasteiger partial charge in [0.2, 0.25) is 0 Å². The van der Waals surface area contributed by atoms with E-state index >= 15 is 0 Å². The first-order chi connectivity index (χ1) is 5.70. The van der Waals surface area contributed by atoms with E-state index in [2.05, 4.69) is 6.92 Å². The van der Waals surface area contributed by atoms with Gasteiger partial charge in [0.1, 0.15) is 5.75 Å². The molecule has 0 bridgehead atoms. The molecule has 0 fully saturated rings. The first-order valence-corrected chi connectivity index (χ1v) is 4.03. The van der Waals surface area contributed by atoms with Gasteiger partial charge in [-0.2, -0.15) is 0 Å². The van der Waals surface area contributed by atoms with E-state index in [0.717, 1.165) is 11.3 Å². The fourth-order valence-electron chi connectivity index (χ4n) is 1.41. The highest BCUT2D eigenvalue weighted by atomic mass is 16.5. The Morgan fingerprint density at radius 2 is 2.00 bits per heavy atom. The van der Waals surface area contributed by atoms with Gasteiger partial charge in [0.15, 0.2) is 0 Å². The number of benzene rings is 1. The van der Waals surface area contributed by atoms with Crippen LogP contribution in [0.4, 0.5) is 0 Å². The lowest BCUT2D eigenvalue weighted by Gasteiger charge is -2.11. The minimum atomic E-state index is 0.578. The Balaban J connectivity index is 3.24. The monoisotopic (exact) mass is 165 g/mol. The zero-order valence-corrected chi connectivity index (χ0v) is 7.85. The molecule has 0 spiro atoms. The summed E-state index contributed by atoms with van der Waals surface area (Å²) in [6.45, 7) is 4.68. The van der Waals surface area contributed by atoms with E-state index in [1.54, 1.807) is 7.11 Å². The Morgan fingerprint density at radius 1 is 1.33 bits per heavy atom. The Bertz CT molecular complexity index is 281. The number of hydrogen-bond acceptors (Lipinski definition) is 2. The summed E-state index contributed by atoms with van der Waals surface area (Å²) in [4.78, 5) is 0. The van der Waals surface area contributed by atoms with E-state index in [1.807, 2.05) is 19.1 Å². The number of ether oxygens (including phenoxy) is 1. The fourth-order valence-corrected chi connectivity index (χ4v) is 1.41. The molecule has 0 aliphatic heterocycles. The summed E-state index contributed by atoms with van der Waals surface area (Å²) < 4.78 is 5.19. The lowest BCUT2D eigenvalue weighted by atomic mass is 10.0. The molecule has 1 rings (SSSR count). The van der Waals surface area contributed by atoms with Crippen LogP contribution in [0, 0.1) is 13.8 Å². The van der Waals surface area contributed by atoms with Crippen molar-refractivity contribution in [1.29, 1.82) is 0 Å². The van der Waals surface area contributed by atoms with Crippen LogP contribution in [0.25, 0.3) is 0 Å². The van der Waals surface area contributed by atoms with Gasteiger partial charge in [-0.1, -0.05) is 6.07 Å².